The lowest BCUT2D eigenvalue weighted by atomic mass is 9.61. The second kappa shape index (κ2) is 5.04. The summed E-state index contributed by atoms with van der Waals surface area (Å²) in [4.78, 5) is 14.6. The topological polar surface area (TPSA) is 75.8 Å². The third-order valence-electron chi connectivity index (χ3n) is 4.30. The summed E-state index contributed by atoms with van der Waals surface area (Å²) < 4.78 is 5.75. The van der Waals surface area contributed by atoms with Crippen molar-refractivity contribution in [2.24, 2.45) is 17.1 Å². The van der Waals surface area contributed by atoms with Crippen LogP contribution >= 0.6 is 0 Å². The minimum Gasteiger partial charge on any atom is -0.394 e. The molecule has 0 aromatic heterocycles. The van der Waals surface area contributed by atoms with Gasteiger partial charge in [-0.1, -0.05) is 6.92 Å². The van der Waals surface area contributed by atoms with Crippen LogP contribution in [0.3, 0.4) is 0 Å². The van der Waals surface area contributed by atoms with Crippen LogP contribution in [0.25, 0.3) is 0 Å². The molecule has 110 valence electrons. The Hall–Kier alpha value is -0.650. The van der Waals surface area contributed by atoms with E-state index in [1.54, 1.807) is 0 Å². The predicted octanol–water partition coefficient (Wildman–Crippen LogP) is 0.360. The summed E-state index contributed by atoms with van der Waals surface area (Å²) in [6.45, 7) is 7.45. The first-order valence-corrected chi connectivity index (χ1v) is 7.10. The first-order valence-electron chi connectivity index (χ1n) is 7.10. The van der Waals surface area contributed by atoms with Crippen LogP contribution in [0, 0.1) is 11.3 Å². The number of rotatable bonds is 3. The Kier molecular flexibility index (Phi) is 3.91. The monoisotopic (exact) mass is 270 g/mol. The number of carbonyl (C=O) groups excluding carboxylic acids is 1. The molecule has 0 spiro atoms. The molecule has 1 atom stereocenters. The molecule has 0 aromatic carbocycles. The zero-order valence-corrected chi connectivity index (χ0v) is 12.2. The van der Waals surface area contributed by atoms with E-state index >= 15 is 0 Å². The number of aliphatic hydroxyl groups excluding tert-OH is 1. The molecule has 19 heavy (non-hydrogen) atoms. The van der Waals surface area contributed by atoms with E-state index in [1.165, 1.54) is 0 Å². The van der Waals surface area contributed by atoms with Crippen LogP contribution in [0.4, 0.5) is 0 Å². The Balaban J connectivity index is 2.10. The molecule has 1 saturated carbocycles. The van der Waals surface area contributed by atoms with E-state index < -0.39 is 5.60 Å². The maximum atomic E-state index is 12.7. The van der Waals surface area contributed by atoms with Crippen LogP contribution in [0.5, 0.6) is 0 Å². The van der Waals surface area contributed by atoms with Crippen LogP contribution in [0.2, 0.25) is 0 Å². The van der Waals surface area contributed by atoms with Crippen LogP contribution in [-0.4, -0.2) is 53.9 Å². The Morgan fingerprint density at radius 2 is 2.11 bits per heavy atom. The molecule has 0 radical (unpaired) electrons. The number of hydrogen-bond donors (Lipinski definition) is 2. The molecule has 1 amide bonds. The standard InChI is InChI=1S/C14H26N2O3/c1-10-4-14(5-10,8-15)12(18)16-6-11(7-17)19-13(2,3)9-16/h10-11,17H,4-9,15H2,1-3H3. The van der Waals surface area contributed by atoms with Crippen molar-refractivity contribution in [2.75, 3.05) is 26.2 Å². The molecule has 2 aliphatic rings. The zero-order valence-electron chi connectivity index (χ0n) is 12.2. The van der Waals surface area contributed by atoms with Crippen molar-refractivity contribution in [1.29, 1.82) is 0 Å². The van der Waals surface area contributed by atoms with Gasteiger partial charge in [-0.3, -0.25) is 4.79 Å². The van der Waals surface area contributed by atoms with Gasteiger partial charge in [-0.05, 0) is 32.6 Å². The second-order valence-electron chi connectivity index (χ2n) is 6.87. The first-order chi connectivity index (χ1) is 8.82. The molecule has 3 N–H and O–H groups in total. The molecule has 1 heterocycles. The predicted molar refractivity (Wildman–Crippen MR) is 72.5 cm³/mol. The lowest BCUT2D eigenvalue weighted by Gasteiger charge is -2.50. The molecular weight excluding hydrogens is 244 g/mol. The van der Waals surface area contributed by atoms with Gasteiger partial charge in [-0.2, -0.15) is 0 Å². The fraction of sp³-hybridized carbons (Fsp3) is 0.929. The van der Waals surface area contributed by atoms with Gasteiger partial charge in [-0.15, -0.1) is 0 Å². The second-order valence-corrected chi connectivity index (χ2v) is 6.87. The third-order valence-corrected chi connectivity index (χ3v) is 4.30. The van der Waals surface area contributed by atoms with Crippen molar-refractivity contribution in [2.45, 2.75) is 45.3 Å². The van der Waals surface area contributed by atoms with E-state index in [1.807, 2.05) is 18.7 Å². The molecule has 2 fully saturated rings. The highest BCUT2D eigenvalue weighted by atomic mass is 16.5. The SMILES string of the molecule is CC1CC(CN)(C(=O)N2CC(CO)OC(C)(C)C2)C1. The van der Waals surface area contributed by atoms with Crippen LogP contribution in [0.15, 0.2) is 0 Å². The van der Waals surface area contributed by atoms with Crippen molar-refractivity contribution >= 4 is 5.91 Å². The average Bonchev–Trinajstić information content (AvgIpc) is 2.31. The summed E-state index contributed by atoms with van der Waals surface area (Å²) in [6, 6.07) is 0. The maximum absolute atomic E-state index is 12.7. The van der Waals surface area contributed by atoms with E-state index in [2.05, 4.69) is 6.92 Å². The van der Waals surface area contributed by atoms with E-state index in [0.717, 1.165) is 12.8 Å². The Morgan fingerprint density at radius 1 is 1.47 bits per heavy atom. The summed E-state index contributed by atoms with van der Waals surface area (Å²) >= 11 is 0. The maximum Gasteiger partial charge on any atom is 0.230 e. The normalized spacial score (nSPS) is 37.8. The van der Waals surface area contributed by atoms with Gasteiger partial charge in [0, 0.05) is 19.6 Å². The summed E-state index contributed by atoms with van der Waals surface area (Å²) in [6.07, 6.45) is 1.47. The van der Waals surface area contributed by atoms with Crippen molar-refractivity contribution in [3.63, 3.8) is 0 Å². The van der Waals surface area contributed by atoms with Gasteiger partial charge in [0.1, 0.15) is 0 Å². The van der Waals surface area contributed by atoms with Crippen LogP contribution < -0.4 is 5.73 Å². The van der Waals surface area contributed by atoms with Crippen molar-refractivity contribution in [1.82, 2.24) is 4.90 Å². The molecule has 5 nitrogen and oxygen atoms in total. The molecule has 1 aliphatic carbocycles. The van der Waals surface area contributed by atoms with Gasteiger partial charge in [0.15, 0.2) is 0 Å². The largest absolute Gasteiger partial charge is 0.394 e. The van der Waals surface area contributed by atoms with Crippen molar-refractivity contribution in [3.8, 4) is 0 Å². The number of amides is 1. The average molecular weight is 270 g/mol. The number of aliphatic hydroxyl groups is 1. The number of nitrogens with zero attached hydrogens (tertiary/aromatic N) is 1. The highest BCUT2D eigenvalue weighted by Crippen LogP contribution is 2.46. The summed E-state index contributed by atoms with van der Waals surface area (Å²) in [5.41, 5.74) is 5.07. The summed E-state index contributed by atoms with van der Waals surface area (Å²) in [5.74, 6) is 0.720. The van der Waals surface area contributed by atoms with Gasteiger partial charge in [0.25, 0.3) is 0 Å². The first kappa shape index (κ1) is 14.8. The quantitative estimate of drug-likeness (QED) is 0.776. The molecule has 0 bridgehead atoms. The van der Waals surface area contributed by atoms with Crippen molar-refractivity contribution in [3.05, 3.63) is 0 Å². The number of morpholine rings is 1. The van der Waals surface area contributed by atoms with Crippen LogP contribution in [0.1, 0.15) is 33.6 Å². The van der Waals surface area contributed by atoms with Gasteiger partial charge < -0.3 is 20.5 Å². The van der Waals surface area contributed by atoms with Gasteiger partial charge >= 0.3 is 0 Å². The lowest BCUT2D eigenvalue weighted by molar-refractivity contribution is -0.179. The van der Waals surface area contributed by atoms with E-state index in [4.69, 9.17) is 10.5 Å². The number of hydrogen-bond acceptors (Lipinski definition) is 4. The lowest BCUT2D eigenvalue weighted by Crippen LogP contribution is -2.62. The Morgan fingerprint density at radius 3 is 2.58 bits per heavy atom. The van der Waals surface area contributed by atoms with Gasteiger partial charge in [0.2, 0.25) is 5.91 Å². The van der Waals surface area contributed by atoms with Gasteiger partial charge in [-0.25, -0.2) is 0 Å². The highest BCUT2D eigenvalue weighted by molar-refractivity contribution is 5.84. The minimum absolute atomic E-state index is 0.0563. The minimum atomic E-state index is -0.410. The zero-order chi connectivity index (χ0) is 14.3. The fourth-order valence-electron chi connectivity index (χ4n) is 3.58. The Labute approximate surface area is 115 Å². The van der Waals surface area contributed by atoms with Crippen molar-refractivity contribution < 1.29 is 14.6 Å². The molecule has 2 rings (SSSR count). The molecule has 0 aromatic rings. The molecule has 1 unspecified atom stereocenters. The molecule has 1 saturated heterocycles. The molecular formula is C14H26N2O3. The van der Waals surface area contributed by atoms with E-state index in [-0.39, 0.29) is 24.0 Å². The smallest absolute Gasteiger partial charge is 0.230 e. The number of carbonyl (C=O) groups is 1. The molecule has 5 heteroatoms. The fourth-order valence-corrected chi connectivity index (χ4v) is 3.58. The van der Waals surface area contributed by atoms with E-state index in [0.29, 0.717) is 25.6 Å². The summed E-state index contributed by atoms with van der Waals surface area (Å²) in [5, 5.41) is 9.31. The van der Waals surface area contributed by atoms with Gasteiger partial charge in [0.05, 0.1) is 23.7 Å². The highest BCUT2D eigenvalue weighted by Gasteiger charge is 2.50. The van der Waals surface area contributed by atoms with Crippen LogP contribution in [-0.2, 0) is 9.53 Å². The van der Waals surface area contributed by atoms with E-state index in [9.17, 15) is 9.90 Å². The number of ether oxygens (including phenoxy) is 1. The Bertz CT molecular complexity index is 351. The molecule has 1 aliphatic heterocycles. The number of nitrogens with two attached hydrogens (primary N) is 1. The third kappa shape index (κ3) is 2.78. The summed E-state index contributed by atoms with van der Waals surface area (Å²) in [7, 11) is 0.